The van der Waals surface area contributed by atoms with Crippen molar-refractivity contribution in [3.8, 4) is 0 Å². The summed E-state index contributed by atoms with van der Waals surface area (Å²) in [6.07, 6.45) is 1.29. The van der Waals surface area contributed by atoms with Gasteiger partial charge in [0.05, 0.1) is 11.8 Å². The normalized spacial score (nSPS) is 27.8. The van der Waals surface area contributed by atoms with Crippen LogP contribution in [0.25, 0.3) is 0 Å². The third kappa shape index (κ3) is 2.57. The van der Waals surface area contributed by atoms with Crippen LogP contribution >= 0.6 is 0 Å². The molecule has 2 aliphatic rings. The quantitative estimate of drug-likeness (QED) is 0.782. The number of halogens is 3. The van der Waals surface area contributed by atoms with Crippen molar-refractivity contribution in [2.75, 3.05) is 18.4 Å². The fraction of sp³-hybridized carbons (Fsp3) is 0.500. The van der Waals surface area contributed by atoms with Gasteiger partial charge in [0.1, 0.15) is 5.82 Å². The first kappa shape index (κ1) is 14.2. The van der Waals surface area contributed by atoms with Crippen molar-refractivity contribution < 1.29 is 23.1 Å². The van der Waals surface area contributed by atoms with Gasteiger partial charge in [-0.15, -0.1) is 0 Å². The zero-order valence-corrected chi connectivity index (χ0v) is 11.2. The summed E-state index contributed by atoms with van der Waals surface area (Å²) < 4.78 is 39.7. The van der Waals surface area contributed by atoms with Crippen molar-refractivity contribution in [3.63, 3.8) is 0 Å². The van der Waals surface area contributed by atoms with E-state index in [1.165, 1.54) is 4.90 Å². The van der Waals surface area contributed by atoms with Crippen LogP contribution in [0.15, 0.2) is 12.1 Å². The zero-order chi connectivity index (χ0) is 15.1. The predicted molar refractivity (Wildman–Crippen MR) is 69.1 cm³/mol. The second-order valence-corrected chi connectivity index (χ2v) is 5.67. The highest BCUT2D eigenvalue weighted by molar-refractivity contribution is 5.89. The van der Waals surface area contributed by atoms with Crippen LogP contribution in [-0.2, 0) is 0 Å². The van der Waals surface area contributed by atoms with Gasteiger partial charge in [-0.25, -0.2) is 18.0 Å². The average Bonchev–Trinajstić information content (AvgIpc) is 2.65. The molecule has 1 saturated carbocycles. The maximum atomic E-state index is 13.5. The van der Waals surface area contributed by atoms with Gasteiger partial charge >= 0.3 is 6.03 Å². The topological polar surface area (TPSA) is 52.6 Å². The van der Waals surface area contributed by atoms with Gasteiger partial charge in [0, 0.05) is 37.1 Å². The molecule has 21 heavy (non-hydrogen) atoms. The van der Waals surface area contributed by atoms with E-state index in [4.69, 9.17) is 0 Å². The highest BCUT2D eigenvalue weighted by atomic mass is 19.2. The van der Waals surface area contributed by atoms with E-state index in [9.17, 15) is 23.1 Å². The Labute approximate surface area is 119 Å². The number of rotatable bonds is 1. The fourth-order valence-corrected chi connectivity index (χ4v) is 3.20. The van der Waals surface area contributed by atoms with E-state index < -0.39 is 35.3 Å². The number of urea groups is 1. The summed E-state index contributed by atoms with van der Waals surface area (Å²) in [6, 6.07) is 0.550. The molecule has 3 rings (SSSR count). The number of amides is 2. The lowest BCUT2D eigenvalue weighted by Crippen LogP contribution is -2.48. The number of anilines is 1. The number of hydrogen-bond acceptors (Lipinski definition) is 2. The van der Waals surface area contributed by atoms with Crippen molar-refractivity contribution in [1.29, 1.82) is 0 Å². The number of benzene rings is 1. The maximum absolute atomic E-state index is 13.5. The third-order valence-electron chi connectivity index (χ3n) is 4.31. The molecular weight excluding hydrogens is 285 g/mol. The molecule has 1 saturated heterocycles. The number of carbonyl (C=O) groups excluding carboxylic acids is 1. The highest BCUT2D eigenvalue weighted by Gasteiger charge is 2.42. The van der Waals surface area contributed by atoms with E-state index in [-0.39, 0.29) is 11.8 Å². The summed E-state index contributed by atoms with van der Waals surface area (Å²) in [5.41, 5.74) is -0.518. The van der Waals surface area contributed by atoms with E-state index in [0.29, 0.717) is 19.2 Å². The third-order valence-corrected chi connectivity index (χ3v) is 4.31. The smallest absolute Gasteiger partial charge is 0.321 e. The number of aliphatic hydroxyl groups excluding tert-OH is 1. The molecule has 7 heteroatoms. The minimum absolute atomic E-state index is 0.0172. The van der Waals surface area contributed by atoms with Crippen LogP contribution in [0, 0.1) is 29.3 Å². The van der Waals surface area contributed by atoms with Crippen LogP contribution in [0.5, 0.6) is 0 Å². The van der Waals surface area contributed by atoms with Crippen LogP contribution in [-0.4, -0.2) is 35.2 Å². The molecular formula is C14H15F3N2O2. The molecule has 2 atom stereocenters. The van der Waals surface area contributed by atoms with Gasteiger partial charge in [-0.1, -0.05) is 0 Å². The van der Waals surface area contributed by atoms with E-state index >= 15 is 0 Å². The number of fused-ring (bicyclic) bond motifs is 2. The van der Waals surface area contributed by atoms with E-state index in [2.05, 4.69) is 5.32 Å². The molecule has 0 radical (unpaired) electrons. The Balaban J connectivity index is 1.73. The second-order valence-electron chi connectivity index (χ2n) is 5.67. The van der Waals surface area contributed by atoms with Crippen LogP contribution in [0.3, 0.4) is 0 Å². The number of hydrogen-bond donors (Lipinski definition) is 2. The minimum atomic E-state index is -1.35. The summed E-state index contributed by atoms with van der Waals surface area (Å²) in [5, 5.41) is 12.1. The van der Waals surface area contributed by atoms with Gasteiger partial charge in [-0.05, 0) is 12.8 Å². The van der Waals surface area contributed by atoms with Gasteiger partial charge in [0.15, 0.2) is 11.6 Å². The number of piperidine rings is 1. The molecule has 1 aliphatic carbocycles. The average molecular weight is 300 g/mol. The Hall–Kier alpha value is -1.76. The van der Waals surface area contributed by atoms with Crippen LogP contribution in [0.1, 0.15) is 12.8 Å². The van der Waals surface area contributed by atoms with Gasteiger partial charge in [0.2, 0.25) is 0 Å². The molecule has 1 aromatic rings. The van der Waals surface area contributed by atoms with E-state index in [0.717, 1.165) is 18.9 Å². The van der Waals surface area contributed by atoms with Crippen molar-refractivity contribution in [3.05, 3.63) is 29.6 Å². The molecule has 0 aromatic heterocycles. The lowest BCUT2D eigenvalue weighted by molar-refractivity contribution is 0.0326. The number of aliphatic hydroxyl groups is 1. The summed E-state index contributed by atoms with van der Waals surface area (Å²) in [6.45, 7) is 0.728. The van der Waals surface area contributed by atoms with Crippen molar-refractivity contribution >= 4 is 11.7 Å². The van der Waals surface area contributed by atoms with Gasteiger partial charge in [0.25, 0.3) is 0 Å². The number of nitrogens with zero attached hydrogens (tertiary/aromatic N) is 1. The Morgan fingerprint density at radius 3 is 2.43 bits per heavy atom. The molecule has 4 nitrogen and oxygen atoms in total. The Morgan fingerprint density at radius 1 is 1.19 bits per heavy atom. The first-order chi connectivity index (χ1) is 9.95. The molecule has 0 spiro atoms. The van der Waals surface area contributed by atoms with Crippen LogP contribution < -0.4 is 5.32 Å². The van der Waals surface area contributed by atoms with Gasteiger partial charge < -0.3 is 15.3 Å². The number of likely N-dealkylation sites (tertiary alicyclic amines) is 1. The number of nitrogens with one attached hydrogen (secondary N) is 1. The maximum Gasteiger partial charge on any atom is 0.321 e. The summed E-state index contributed by atoms with van der Waals surface area (Å²) in [4.78, 5) is 13.5. The first-order valence-electron chi connectivity index (χ1n) is 6.84. The van der Waals surface area contributed by atoms with E-state index in [1.54, 1.807) is 0 Å². The van der Waals surface area contributed by atoms with Crippen molar-refractivity contribution in [1.82, 2.24) is 4.90 Å². The predicted octanol–water partition coefficient (Wildman–Crippen LogP) is 2.34. The Bertz CT molecular complexity index is 568. The molecule has 2 amide bonds. The SMILES string of the molecule is O=C(Nc1cc(F)cc(F)c1F)N1CC2CCC(C1)C2O. The molecule has 2 N–H and O–H groups in total. The summed E-state index contributed by atoms with van der Waals surface area (Å²) in [7, 11) is 0. The number of carbonyl (C=O) groups is 1. The van der Waals surface area contributed by atoms with E-state index in [1.807, 2.05) is 0 Å². The molecule has 1 aliphatic heterocycles. The van der Waals surface area contributed by atoms with Crippen LogP contribution in [0.4, 0.5) is 23.7 Å². The second kappa shape index (κ2) is 5.22. The monoisotopic (exact) mass is 300 g/mol. The lowest BCUT2D eigenvalue weighted by Gasteiger charge is -2.35. The standard InChI is InChI=1S/C14H15F3N2O2/c15-9-3-10(16)12(17)11(4-9)18-14(21)19-5-7-1-2-8(6-19)13(7)20/h3-4,7-8,13,20H,1-2,5-6H2,(H,18,21). The lowest BCUT2D eigenvalue weighted by atomic mass is 9.95. The molecule has 2 fully saturated rings. The molecule has 2 bridgehead atoms. The van der Waals surface area contributed by atoms with Gasteiger partial charge in [-0.2, -0.15) is 0 Å². The largest absolute Gasteiger partial charge is 0.392 e. The van der Waals surface area contributed by atoms with Crippen molar-refractivity contribution in [2.24, 2.45) is 11.8 Å². The fourth-order valence-electron chi connectivity index (χ4n) is 3.20. The minimum Gasteiger partial charge on any atom is -0.392 e. The summed E-state index contributed by atoms with van der Waals surface area (Å²) >= 11 is 0. The Morgan fingerprint density at radius 2 is 1.81 bits per heavy atom. The molecule has 2 unspecified atom stereocenters. The zero-order valence-electron chi connectivity index (χ0n) is 11.2. The van der Waals surface area contributed by atoms with Crippen LogP contribution in [0.2, 0.25) is 0 Å². The molecule has 1 aromatic carbocycles. The highest BCUT2D eigenvalue weighted by Crippen LogP contribution is 2.37. The summed E-state index contributed by atoms with van der Waals surface area (Å²) in [5.74, 6) is -3.56. The van der Waals surface area contributed by atoms with Crippen molar-refractivity contribution in [2.45, 2.75) is 18.9 Å². The first-order valence-corrected chi connectivity index (χ1v) is 6.84. The molecule has 114 valence electrons. The van der Waals surface area contributed by atoms with Gasteiger partial charge in [-0.3, -0.25) is 0 Å². The molecule has 1 heterocycles. The Kier molecular flexibility index (Phi) is 3.52.